The molecule has 1 aliphatic rings. The summed E-state index contributed by atoms with van der Waals surface area (Å²) in [6, 6.07) is 9.54. The normalized spacial score (nSPS) is 19.9. The molecule has 1 fully saturated rings. The van der Waals surface area contributed by atoms with Gasteiger partial charge < -0.3 is 10.2 Å². The fourth-order valence-corrected chi connectivity index (χ4v) is 2.33. The van der Waals surface area contributed by atoms with E-state index in [4.69, 9.17) is 0 Å². The molecule has 0 spiro atoms. The summed E-state index contributed by atoms with van der Waals surface area (Å²) in [4.78, 5) is 4.58. The maximum Gasteiger partial charge on any atom is 0.0361 e. The fraction of sp³-hybridized carbons (Fsp3) is 0.571. The number of hydrogen-bond acceptors (Lipinski definition) is 3. The maximum atomic E-state index is 3.41. The van der Waals surface area contributed by atoms with Crippen molar-refractivity contribution in [3.63, 3.8) is 0 Å². The first-order chi connectivity index (χ1) is 8.16. The molecular weight excluding hydrogens is 210 g/mol. The highest BCUT2D eigenvalue weighted by molar-refractivity contribution is 5.45. The number of likely N-dealkylation sites (N-methyl/N-ethyl adjacent to an activating group) is 1. The van der Waals surface area contributed by atoms with E-state index in [1.54, 1.807) is 0 Å². The topological polar surface area (TPSA) is 18.5 Å². The van der Waals surface area contributed by atoms with Crippen molar-refractivity contribution in [2.24, 2.45) is 0 Å². The smallest absolute Gasteiger partial charge is 0.0361 e. The summed E-state index contributed by atoms with van der Waals surface area (Å²) in [5.41, 5.74) is 2.66. The van der Waals surface area contributed by atoms with Crippen LogP contribution in [-0.2, 0) is 6.54 Å². The van der Waals surface area contributed by atoms with Gasteiger partial charge in [-0.05, 0) is 37.7 Å². The van der Waals surface area contributed by atoms with Crippen LogP contribution in [0.1, 0.15) is 12.0 Å². The fourth-order valence-electron chi connectivity index (χ4n) is 2.33. The van der Waals surface area contributed by atoms with Gasteiger partial charge in [0.05, 0.1) is 0 Å². The van der Waals surface area contributed by atoms with Gasteiger partial charge in [0.1, 0.15) is 0 Å². The minimum absolute atomic E-state index is 0.698. The van der Waals surface area contributed by atoms with E-state index in [1.807, 2.05) is 0 Å². The van der Waals surface area contributed by atoms with Crippen LogP contribution in [0.25, 0.3) is 0 Å². The Bertz CT molecular complexity index is 339. The molecule has 1 atom stereocenters. The van der Waals surface area contributed by atoms with E-state index in [9.17, 15) is 0 Å². The second-order valence-electron chi connectivity index (χ2n) is 5.12. The predicted octanol–water partition coefficient (Wildman–Crippen LogP) is 1.55. The molecule has 1 saturated heterocycles. The monoisotopic (exact) mass is 233 g/mol. The van der Waals surface area contributed by atoms with Gasteiger partial charge in [0.15, 0.2) is 0 Å². The first-order valence-electron chi connectivity index (χ1n) is 6.34. The van der Waals surface area contributed by atoms with Crippen LogP contribution in [0.3, 0.4) is 0 Å². The lowest BCUT2D eigenvalue weighted by Crippen LogP contribution is -2.32. The molecule has 0 amide bonds. The number of rotatable bonds is 4. The zero-order valence-corrected chi connectivity index (χ0v) is 11.1. The molecule has 1 N–H and O–H groups in total. The average molecular weight is 233 g/mol. The lowest BCUT2D eigenvalue weighted by Gasteiger charge is -2.23. The highest BCUT2D eigenvalue weighted by Crippen LogP contribution is 2.15. The first kappa shape index (κ1) is 12.4. The van der Waals surface area contributed by atoms with E-state index in [0.717, 1.165) is 19.6 Å². The molecule has 0 aliphatic carbocycles. The Kier molecular flexibility index (Phi) is 4.02. The molecule has 0 bridgehead atoms. The van der Waals surface area contributed by atoms with Gasteiger partial charge >= 0.3 is 0 Å². The number of nitrogens with zero attached hydrogens (tertiary/aromatic N) is 2. The van der Waals surface area contributed by atoms with Crippen LogP contribution in [0.2, 0.25) is 0 Å². The van der Waals surface area contributed by atoms with Gasteiger partial charge in [0, 0.05) is 38.9 Å². The van der Waals surface area contributed by atoms with Crippen LogP contribution in [0, 0.1) is 0 Å². The lowest BCUT2D eigenvalue weighted by molar-refractivity contribution is 0.249. The third kappa shape index (κ3) is 3.20. The van der Waals surface area contributed by atoms with Gasteiger partial charge in [-0.3, -0.25) is 4.90 Å². The molecule has 0 radical (unpaired) electrons. The van der Waals surface area contributed by atoms with E-state index < -0.39 is 0 Å². The second-order valence-corrected chi connectivity index (χ2v) is 5.12. The van der Waals surface area contributed by atoms with Crippen molar-refractivity contribution in [1.29, 1.82) is 0 Å². The molecule has 0 aromatic heterocycles. The SMILES string of the molecule is CN(C)c1ccc(CN(C)C2CCNC2)cc1. The van der Waals surface area contributed by atoms with Gasteiger partial charge in [-0.1, -0.05) is 12.1 Å². The molecule has 1 aromatic rings. The van der Waals surface area contributed by atoms with Crippen molar-refractivity contribution in [2.75, 3.05) is 39.1 Å². The Hall–Kier alpha value is -1.06. The second kappa shape index (κ2) is 5.52. The van der Waals surface area contributed by atoms with Gasteiger partial charge in [-0.2, -0.15) is 0 Å². The van der Waals surface area contributed by atoms with E-state index in [-0.39, 0.29) is 0 Å². The zero-order chi connectivity index (χ0) is 12.3. The summed E-state index contributed by atoms with van der Waals surface area (Å²) >= 11 is 0. The summed E-state index contributed by atoms with van der Waals surface area (Å²) in [6.07, 6.45) is 1.27. The third-order valence-corrected chi connectivity index (χ3v) is 3.54. The van der Waals surface area contributed by atoms with E-state index in [1.165, 1.54) is 17.7 Å². The number of nitrogens with one attached hydrogen (secondary N) is 1. The molecule has 1 heterocycles. The maximum absolute atomic E-state index is 3.41. The highest BCUT2D eigenvalue weighted by atomic mass is 15.2. The van der Waals surface area contributed by atoms with Crippen molar-refractivity contribution in [1.82, 2.24) is 10.2 Å². The van der Waals surface area contributed by atoms with E-state index in [0.29, 0.717) is 6.04 Å². The van der Waals surface area contributed by atoms with Gasteiger partial charge in [0.2, 0.25) is 0 Å². The van der Waals surface area contributed by atoms with Crippen LogP contribution >= 0.6 is 0 Å². The van der Waals surface area contributed by atoms with Crippen molar-refractivity contribution >= 4 is 5.69 Å². The van der Waals surface area contributed by atoms with Crippen LogP contribution in [0.5, 0.6) is 0 Å². The van der Waals surface area contributed by atoms with Crippen LogP contribution in [-0.4, -0.2) is 45.2 Å². The average Bonchev–Trinajstić information content (AvgIpc) is 2.83. The minimum atomic E-state index is 0.698. The summed E-state index contributed by atoms with van der Waals surface area (Å²) in [5.74, 6) is 0. The molecule has 0 saturated carbocycles. The molecule has 1 aromatic carbocycles. The molecule has 1 aliphatic heterocycles. The largest absolute Gasteiger partial charge is 0.378 e. The molecule has 2 rings (SSSR count). The number of hydrogen-bond donors (Lipinski definition) is 1. The first-order valence-corrected chi connectivity index (χ1v) is 6.34. The molecule has 3 nitrogen and oxygen atoms in total. The van der Waals surface area contributed by atoms with E-state index >= 15 is 0 Å². The summed E-state index contributed by atoms with van der Waals surface area (Å²) in [5, 5.41) is 3.41. The Morgan fingerprint density at radius 2 is 1.88 bits per heavy atom. The van der Waals surface area contributed by atoms with Gasteiger partial charge in [-0.25, -0.2) is 0 Å². The molecule has 17 heavy (non-hydrogen) atoms. The van der Waals surface area contributed by atoms with Crippen molar-refractivity contribution < 1.29 is 0 Å². The van der Waals surface area contributed by atoms with Crippen LogP contribution in [0.15, 0.2) is 24.3 Å². The molecule has 1 unspecified atom stereocenters. The van der Waals surface area contributed by atoms with Crippen molar-refractivity contribution in [3.8, 4) is 0 Å². The molecular formula is C14H23N3. The minimum Gasteiger partial charge on any atom is -0.378 e. The molecule has 94 valence electrons. The predicted molar refractivity (Wildman–Crippen MR) is 73.5 cm³/mol. The van der Waals surface area contributed by atoms with Gasteiger partial charge in [-0.15, -0.1) is 0 Å². The quantitative estimate of drug-likeness (QED) is 0.851. The Morgan fingerprint density at radius 1 is 1.18 bits per heavy atom. The highest BCUT2D eigenvalue weighted by Gasteiger charge is 2.18. The van der Waals surface area contributed by atoms with Crippen molar-refractivity contribution in [3.05, 3.63) is 29.8 Å². The standard InChI is InChI=1S/C14H23N3/c1-16(2)13-6-4-12(5-7-13)11-17(3)14-8-9-15-10-14/h4-7,14-15H,8-11H2,1-3H3. The third-order valence-electron chi connectivity index (χ3n) is 3.54. The van der Waals surface area contributed by atoms with Gasteiger partial charge in [0.25, 0.3) is 0 Å². The summed E-state index contributed by atoms with van der Waals surface area (Å²) in [6.45, 7) is 3.33. The van der Waals surface area contributed by atoms with E-state index in [2.05, 4.69) is 60.5 Å². The summed E-state index contributed by atoms with van der Waals surface area (Å²) in [7, 11) is 6.37. The van der Waals surface area contributed by atoms with Crippen LogP contribution < -0.4 is 10.2 Å². The number of benzene rings is 1. The molecule has 3 heteroatoms. The van der Waals surface area contributed by atoms with Crippen molar-refractivity contribution in [2.45, 2.75) is 19.0 Å². The Balaban J connectivity index is 1.93. The zero-order valence-electron chi connectivity index (χ0n) is 11.1. The summed E-state index contributed by atoms with van der Waals surface area (Å²) < 4.78 is 0. The number of anilines is 1. The Morgan fingerprint density at radius 3 is 2.41 bits per heavy atom. The van der Waals surface area contributed by atoms with Crippen LogP contribution in [0.4, 0.5) is 5.69 Å². The Labute approximate surface area is 104 Å². The lowest BCUT2D eigenvalue weighted by atomic mass is 10.1.